The molecular weight excluding hydrogens is 701 g/mol. The minimum absolute atomic E-state index is 0.636. The maximum Gasteiger partial charge on any atom is 0.164 e. The second-order valence-corrected chi connectivity index (χ2v) is 15.3. The number of benzene rings is 7. The number of para-hydroxylation sites is 1. The minimum atomic E-state index is 0.636. The first-order chi connectivity index (χ1) is 27.8. The van der Waals surface area contributed by atoms with Crippen LogP contribution in [-0.2, 0) is 0 Å². The number of thiophene rings is 1. The Morgan fingerprint density at radius 3 is 1.84 bits per heavy atom. The molecule has 3 heterocycles. The summed E-state index contributed by atoms with van der Waals surface area (Å²) < 4.78 is 5.08. The molecule has 0 fully saturated rings. The van der Waals surface area contributed by atoms with Crippen LogP contribution in [0.25, 0.3) is 98.5 Å². The van der Waals surface area contributed by atoms with Gasteiger partial charge in [-0.2, -0.15) is 0 Å². The van der Waals surface area contributed by atoms with Crippen molar-refractivity contribution in [2.75, 3.05) is 0 Å². The predicted octanol–water partition coefficient (Wildman–Crippen LogP) is 13.7. The number of nitrogens with zero attached hydrogens (tertiary/aromatic N) is 4. The Bertz CT molecular complexity index is 3130. The molecule has 5 heteroatoms. The van der Waals surface area contributed by atoms with Crippen molar-refractivity contribution >= 4 is 58.9 Å². The van der Waals surface area contributed by atoms with E-state index in [-0.39, 0.29) is 0 Å². The van der Waals surface area contributed by atoms with Crippen molar-refractivity contribution in [2.24, 2.45) is 0 Å². The van der Waals surface area contributed by atoms with Crippen molar-refractivity contribution in [3.05, 3.63) is 188 Å². The van der Waals surface area contributed by atoms with Crippen LogP contribution in [-0.4, -0.2) is 19.5 Å². The van der Waals surface area contributed by atoms with E-state index in [0.29, 0.717) is 17.5 Å². The summed E-state index contributed by atoms with van der Waals surface area (Å²) in [6.07, 6.45) is 8.98. The molecule has 0 amide bonds. The van der Waals surface area contributed by atoms with Crippen LogP contribution < -0.4 is 0 Å². The van der Waals surface area contributed by atoms with Crippen LogP contribution in [0.15, 0.2) is 182 Å². The fourth-order valence-corrected chi connectivity index (χ4v) is 9.46. The Labute approximate surface area is 328 Å². The summed E-state index contributed by atoms with van der Waals surface area (Å²) in [4.78, 5) is 15.2. The van der Waals surface area contributed by atoms with E-state index < -0.39 is 0 Å². The van der Waals surface area contributed by atoms with Crippen LogP contribution in [0, 0.1) is 0 Å². The Morgan fingerprint density at radius 1 is 0.446 bits per heavy atom. The molecule has 0 N–H and O–H groups in total. The number of hydrogen-bond donors (Lipinski definition) is 0. The standard InChI is InChI=1S/C51H34N4S/c1-4-15-33(16-5-1)38-29-28-37(51-53-49(34-17-6-2-7-18-34)52-50(54-51)35-19-8-3-9-20-35)32-45(38)55-44-25-12-10-21-40(44)41-30-27-36(31-46(41)55)39-23-14-24-43-42-22-11-13-26-47(42)56-48(39)43/h2-4,6-32H,1,5H2. The number of fused-ring (bicyclic) bond motifs is 6. The van der Waals surface area contributed by atoms with Gasteiger partial charge in [-0.3, -0.25) is 0 Å². The molecule has 264 valence electrons. The van der Waals surface area contributed by atoms with E-state index in [1.54, 1.807) is 0 Å². The molecule has 0 unspecified atom stereocenters. The van der Waals surface area contributed by atoms with Gasteiger partial charge >= 0.3 is 0 Å². The zero-order chi connectivity index (χ0) is 37.0. The Hall–Kier alpha value is -6.95. The first kappa shape index (κ1) is 32.5. The van der Waals surface area contributed by atoms with Crippen LogP contribution in [0.2, 0.25) is 0 Å². The van der Waals surface area contributed by atoms with Gasteiger partial charge in [0.2, 0.25) is 0 Å². The predicted molar refractivity (Wildman–Crippen MR) is 235 cm³/mol. The quantitative estimate of drug-likeness (QED) is 0.171. The summed E-state index contributed by atoms with van der Waals surface area (Å²) in [6, 6.07) is 58.3. The van der Waals surface area contributed by atoms with E-state index in [2.05, 4.69) is 150 Å². The third kappa shape index (κ3) is 5.47. The average Bonchev–Trinajstić information content (AvgIpc) is 3.82. The number of rotatable bonds is 6. The molecule has 4 nitrogen and oxygen atoms in total. The SMILES string of the molecule is C1=CC(c2ccc(-c3nc(-c4ccccc4)nc(-c4ccccc4)n3)cc2-n2c3ccccc3c3ccc(-c4cccc5c4sc4ccccc45)cc32)=CCC1. The highest BCUT2D eigenvalue weighted by atomic mass is 32.1. The Morgan fingerprint density at radius 2 is 1.09 bits per heavy atom. The van der Waals surface area contributed by atoms with E-state index in [1.807, 2.05) is 47.7 Å². The first-order valence-corrected chi connectivity index (χ1v) is 19.9. The molecule has 1 aliphatic carbocycles. The molecule has 11 rings (SSSR count). The summed E-state index contributed by atoms with van der Waals surface area (Å²) in [5, 5.41) is 5.05. The second-order valence-electron chi connectivity index (χ2n) is 14.3. The zero-order valence-electron chi connectivity index (χ0n) is 30.4. The number of aromatic nitrogens is 4. The topological polar surface area (TPSA) is 43.6 Å². The van der Waals surface area contributed by atoms with Crippen LogP contribution in [0.4, 0.5) is 0 Å². The molecule has 0 saturated carbocycles. The van der Waals surface area contributed by atoms with Gasteiger partial charge in [0.15, 0.2) is 17.5 Å². The Kier molecular flexibility index (Phi) is 7.78. The molecule has 1 aliphatic rings. The van der Waals surface area contributed by atoms with E-state index in [9.17, 15) is 0 Å². The molecular formula is C51H34N4S. The molecule has 7 aromatic carbocycles. The van der Waals surface area contributed by atoms with Crippen molar-refractivity contribution in [1.82, 2.24) is 19.5 Å². The van der Waals surface area contributed by atoms with Crippen LogP contribution in [0.3, 0.4) is 0 Å². The average molecular weight is 735 g/mol. The third-order valence-corrected chi connectivity index (χ3v) is 12.1. The fourth-order valence-electron chi connectivity index (χ4n) is 8.22. The van der Waals surface area contributed by atoms with Gasteiger partial charge in [0.25, 0.3) is 0 Å². The molecule has 0 bridgehead atoms. The molecule has 0 atom stereocenters. The largest absolute Gasteiger partial charge is 0.309 e. The smallest absolute Gasteiger partial charge is 0.164 e. The van der Waals surface area contributed by atoms with Crippen LogP contribution in [0.5, 0.6) is 0 Å². The van der Waals surface area contributed by atoms with Crippen molar-refractivity contribution in [3.63, 3.8) is 0 Å². The normalized spacial score (nSPS) is 12.9. The molecule has 0 aliphatic heterocycles. The van der Waals surface area contributed by atoms with Gasteiger partial charge < -0.3 is 4.57 Å². The summed E-state index contributed by atoms with van der Waals surface area (Å²) in [5.74, 6) is 1.93. The highest BCUT2D eigenvalue weighted by Crippen LogP contribution is 2.43. The van der Waals surface area contributed by atoms with Gasteiger partial charge in [-0.05, 0) is 53.8 Å². The minimum Gasteiger partial charge on any atom is -0.309 e. The summed E-state index contributed by atoms with van der Waals surface area (Å²) in [7, 11) is 0. The Balaban J connectivity index is 1.17. The molecule has 56 heavy (non-hydrogen) atoms. The van der Waals surface area contributed by atoms with Gasteiger partial charge in [0, 0.05) is 53.2 Å². The van der Waals surface area contributed by atoms with Crippen molar-refractivity contribution in [2.45, 2.75) is 12.8 Å². The maximum atomic E-state index is 5.13. The lowest BCUT2D eigenvalue weighted by Gasteiger charge is -2.18. The maximum absolute atomic E-state index is 5.13. The zero-order valence-corrected chi connectivity index (χ0v) is 31.2. The van der Waals surface area contributed by atoms with Gasteiger partial charge in [0.1, 0.15) is 0 Å². The van der Waals surface area contributed by atoms with Gasteiger partial charge in [-0.15, -0.1) is 11.3 Å². The van der Waals surface area contributed by atoms with Gasteiger partial charge in [-0.1, -0.05) is 158 Å². The lowest BCUT2D eigenvalue weighted by atomic mass is 9.96. The highest BCUT2D eigenvalue weighted by molar-refractivity contribution is 7.26. The summed E-state index contributed by atoms with van der Waals surface area (Å²) in [5.41, 5.74) is 11.1. The molecule has 0 radical (unpaired) electrons. The van der Waals surface area contributed by atoms with Gasteiger partial charge in [0.05, 0.1) is 16.7 Å². The second kappa shape index (κ2) is 13.4. The summed E-state index contributed by atoms with van der Waals surface area (Å²) in [6.45, 7) is 0. The first-order valence-electron chi connectivity index (χ1n) is 19.1. The third-order valence-electron chi connectivity index (χ3n) is 10.9. The van der Waals surface area contributed by atoms with Crippen LogP contribution >= 0.6 is 11.3 Å². The van der Waals surface area contributed by atoms with Crippen LogP contribution in [0.1, 0.15) is 18.4 Å². The lowest BCUT2D eigenvalue weighted by Crippen LogP contribution is -2.03. The van der Waals surface area contributed by atoms with Gasteiger partial charge in [-0.25, -0.2) is 15.0 Å². The monoisotopic (exact) mass is 734 g/mol. The van der Waals surface area contributed by atoms with E-state index in [1.165, 1.54) is 53.2 Å². The van der Waals surface area contributed by atoms with Crippen molar-refractivity contribution in [3.8, 4) is 51.0 Å². The lowest BCUT2D eigenvalue weighted by molar-refractivity contribution is 1.04. The molecule has 0 spiro atoms. The van der Waals surface area contributed by atoms with Crippen molar-refractivity contribution < 1.29 is 0 Å². The molecule has 3 aromatic heterocycles. The van der Waals surface area contributed by atoms with Crippen molar-refractivity contribution in [1.29, 1.82) is 0 Å². The van der Waals surface area contributed by atoms with E-state index >= 15 is 0 Å². The number of allylic oxidation sites excluding steroid dienone is 4. The highest BCUT2D eigenvalue weighted by Gasteiger charge is 2.21. The molecule has 0 saturated heterocycles. The molecule has 10 aromatic rings. The summed E-state index contributed by atoms with van der Waals surface area (Å²) >= 11 is 1.87. The number of hydrogen-bond acceptors (Lipinski definition) is 4. The van der Waals surface area contributed by atoms with E-state index in [0.717, 1.165) is 46.3 Å². The van der Waals surface area contributed by atoms with E-state index in [4.69, 9.17) is 15.0 Å². The fraction of sp³-hybridized carbons (Fsp3) is 0.0392.